The van der Waals surface area contributed by atoms with Crippen molar-refractivity contribution in [3.63, 3.8) is 0 Å². The molecule has 0 radical (unpaired) electrons. The largest absolute Gasteiger partial charge is 0.489 e. The molecule has 0 unspecified atom stereocenters. The SMILES string of the molecule is CCOC(=O)c1ccc(N2C(=O)[C@H]3[C@H](c4cc([N+](=O)[O-])ccc4OCc4ccc(Cl)cc4)c4sc(=O)[nH]c4S[C@H]3C2=O)cc1. The van der Waals surface area contributed by atoms with Crippen molar-refractivity contribution in [1.82, 2.24) is 4.98 Å². The summed E-state index contributed by atoms with van der Waals surface area (Å²) in [6, 6.07) is 17.0. The Morgan fingerprint density at radius 2 is 1.77 bits per heavy atom. The molecule has 1 saturated heterocycles. The van der Waals surface area contributed by atoms with Crippen LogP contribution in [0.2, 0.25) is 5.02 Å². The van der Waals surface area contributed by atoms with E-state index in [-0.39, 0.29) is 40.8 Å². The molecular weight excluding hydrogens is 630 g/mol. The molecule has 1 aromatic heterocycles. The minimum Gasteiger partial charge on any atom is -0.489 e. The molecule has 0 spiro atoms. The fraction of sp³-hybridized carbons (Fsp3) is 0.200. The number of halogens is 1. The molecule has 2 aliphatic heterocycles. The van der Waals surface area contributed by atoms with E-state index in [1.54, 1.807) is 31.2 Å². The van der Waals surface area contributed by atoms with E-state index in [0.29, 0.717) is 20.5 Å². The van der Waals surface area contributed by atoms with Crippen molar-refractivity contribution >= 4 is 63.9 Å². The molecule has 224 valence electrons. The van der Waals surface area contributed by atoms with Crippen LogP contribution in [0.15, 0.2) is 76.6 Å². The van der Waals surface area contributed by atoms with Gasteiger partial charge in [0, 0.05) is 33.5 Å². The summed E-state index contributed by atoms with van der Waals surface area (Å²) >= 11 is 7.97. The summed E-state index contributed by atoms with van der Waals surface area (Å²) < 4.78 is 11.2. The molecule has 3 heterocycles. The topological polar surface area (TPSA) is 149 Å². The molecule has 1 fully saturated rings. The average molecular weight is 652 g/mol. The molecule has 4 aromatic rings. The number of non-ortho nitro benzene ring substituents is 1. The molecular formula is C30H22ClN3O8S2. The predicted octanol–water partition coefficient (Wildman–Crippen LogP) is 5.55. The van der Waals surface area contributed by atoms with Crippen LogP contribution < -0.4 is 14.5 Å². The van der Waals surface area contributed by atoms with Gasteiger partial charge >= 0.3 is 10.8 Å². The van der Waals surface area contributed by atoms with Gasteiger partial charge < -0.3 is 14.5 Å². The summed E-state index contributed by atoms with van der Waals surface area (Å²) in [6.07, 6.45) is 0. The molecule has 3 atom stereocenters. The van der Waals surface area contributed by atoms with Gasteiger partial charge in [-0.15, -0.1) is 0 Å². The van der Waals surface area contributed by atoms with E-state index in [4.69, 9.17) is 21.1 Å². The number of amides is 2. The molecule has 11 nitrogen and oxygen atoms in total. The van der Waals surface area contributed by atoms with E-state index in [1.807, 2.05) is 0 Å². The minimum absolute atomic E-state index is 0.0968. The Morgan fingerprint density at radius 3 is 2.45 bits per heavy atom. The summed E-state index contributed by atoms with van der Waals surface area (Å²) in [5.74, 6) is -3.22. The number of carbonyl (C=O) groups excluding carboxylic acids is 3. The van der Waals surface area contributed by atoms with Gasteiger partial charge in [-0.05, 0) is 55.0 Å². The summed E-state index contributed by atoms with van der Waals surface area (Å²) in [5, 5.41) is 11.9. The number of aromatic amines is 1. The first-order valence-electron chi connectivity index (χ1n) is 13.4. The number of fused-ring (bicyclic) bond motifs is 2. The van der Waals surface area contributed by atoms with Crippen molar-refractivity contribution in [2.45, 2.75) is 29.7 Å². The van der Waals surface area contributed by atoms with Gasteiger partial charge in [-0.2, -0.15) is 0 Å². The van der Waals surface area contributed by atoms with Crippen molar-refractivity contribution < 1.29 is 28.8 Å². The van der Waals surface area contributed by atoms with Crippen molar-refractivity contribution in [1.29, 1.82) is 0 Å². The Morgan fingerprint density at radius 1 is 1.05 bits per heavy atom. The maximum Gasteiger partial charge on any atom is 0.338 e. The van der Waals surface area contributed by atoms with Crippen LogP contribution in [0.5, 0.6) is 5.75 Å². The number of nitro groups is 1. The number of thiazole rings is 1. The molecule has 44 heavy (non-hydrogen) atoms. The van der Waals surface area contributed by atoms with Crippen LogP contribution in [-0.4, -0.2) is 39.5 Å². The monoisotopic (exact) mass is 651 g/mol. The van der Waals surface area contributed by atoms with E-state index in [9.17, 15) is 29.3 Å². The van der Waals surface area contributed by atoms with Gasteiger partial charge in [-0.3, -0.25) is 24.5 Å². The van der Waals surface area contributed by atoms with E-state index in [1.165, 1.54) is 42.5 Å². The number of nitrogens with one attached hydrogen (secondary N) is 1. The van der Waals surface area contributed by atoms with Gasteiger partial charge in [0.05, 0.1) is 33.7 Å². The van der Waals surface area contributed by atoms with Gasteiger partial charge in [-0.25, -0.2) is 9.69 Å². The number of imide groups is 1. The Hall–Kier alpha value is -4.46. The first-order chi connectivity index (χ1) is 21.2. The second kappa shape index (κ2) is 11.9. The quantitative estimate of drug-likeness (QED) is 0.112. The highest BCUT2D eigenvalue weighted by molar-refractivity contribution is 8.00. The molecule has 0 bridgehead atoms. The molecule has 6 rings (SSSR count). The van der Waals surface area contributed by atoms with E-state index >= 15 is 0 Å². The van der Waals surface area contributed by atoms with Gasteiger partial charge in [-0.1, -0.05) is 46.8 Å². The number of carbonyl (C=O) groups is 3. The number of H-pyrrole nitrogens is 1. The first kappa shape index (κ1) is 29.6. The number of anilines is 1. The number of rotatable bonds is 8. The number of esters is 1. The third kappa shape index (κ3) is 5.38. The zero-order valence-corrected chi connectivity index (χ0v) is 25.2. The van der Waals surface area contributed by atoms with Crippen molar-refractivity contribution in [3.05, 3.63) is 113 Å². The lowest BCUT2D eigenvalue weighted by molar-refractivity contribution is -0.385. The van der Waals surface area contributed by atoms with E-state index in [0.717, 1.165) is 33.6 Å². The lowest BCUT2D eigenvalue weighted by atomic mass is 9.82. The molecule has 2 aliphatic rings. The molecule has 14 heteroatoms. The van der Waals surface area contributed by atoms with Crippen LogP contribution in [-0.2, 0) is 20.9 Å². The minimum atomic E-state index is -1.00. The zero-order valence-electron chi connectivity index (χ0n) is 22.9. The summed E-state index contributed by atoms with van der Waals surface area (Å²) in [7, 11) is 0. The summed E-state index contributed by atoms with van der Waals surface area (Å²) in [6.45, 7) is 1.98. The Balaban J connectivity index is 1.42. The maximum atomic E-state index is 14.1. The Labute approximate surface area is 262 Å². The highest BCUT2D eigenvalue weighted by Crippen LogP contribution is 2.55. The van der Waals surface area contributed by atoms with Crippen LogP contribution in [0, 0.1) is 16.0 Å². The lowest BCUT2D eigenvalue weighted by Gasteiger charge is -2.30. The predicted molar refractivity (Wildman–Crippen MR) is 164 cm³/mol. The molecule has 1 N–H and O–H groups in total. The highest BCUT2D eigenvalue weighted by atomic mass is 35.5. The first-order valence-corrected chi connectivity index (χ1v) is 15.4. The average Bonchev–Trinajstić information content (AvgIpc) is 3.51. The standard InChI is InChI=1S/C30H22ClN3O8S2/c1-2-41-29(37)16-5-9-18(10-6-16)33-27(35)23-22(24-26(32-30(38)44-24)43-25(23)28(33)36)20-13-19(34(39)40)11-12-21(20)42-14-15-3-7-17(31)8-4-15/h3-13,22-23,25H,2,14H2,1H3,(H,32,38)/t22-,23-,25+/m0/s1. The third-order valence-electron chi connectivity index (χ3n) is 7.31. The van der Waals surface area contributed by atoms with Crippen molar-refractivity contribution in [2.75, 3.05) is 11.5 Å². The number of benzene rings is 3. The van der Waals surface area contributed by atoms with E-state index in [2.05, 4.69) is 4.98 Å². The number of thioether (sulfide) groups is 1. The second-order valence-electron chi connectivity index (χ2n) is 9.92. The van der Waals surface area contributed by atoms with Crippen molar-refractivity contribution in [2.24, 2.45) is 5.92 Å². The number of ether oxygens (including phenoxy) is 2. The van der Waals surface area contributed by atoms with Gasteiger partial charge in [0.2, 0.25) is 11.8 Å². The third-order valence-corrected chi connectivity index (χ3v) is 9.96. The fourth-order valence-electron chi connectivity index (χ4n) is 5.33. The molecule has 0 saturated carbocycles. The number of aromatic nitrogens is 1. The number of hydrogen-bond acceptors (Lipinski definition) is 10. The zero-order chi connectivity index (χ0) is 31.1. The normalized spacial score (nSPS) is 19.0. The Bertz CT molecular complexity index is 1860. The molecule has 3 aromatic carbocycles. The second-order valence-corrected chi connectivity index (χ2v) is 12.5. The fourth-order valence-corrected chi connectivity index (χ4v) is 7.97. The van der Waals surface area contributed by atoms with Gasteiger partial charge in [0.15, 0.2) is 0 Å². The van der Waals surface area contributed by atoms with Gasteiger partial charge in [0.1, 0.15) is 17.6 Å². The Kier molecular flexibility index (Phi) is 8.01. The van der Waals surface area contributed by atoms with Crippen LogP contribution in [0.1, 0.15) is 39.2 Å². The number of hydrogen-bond donors (Lipinski definition) is 1. The number of nitrogens with zero attached hydrogens (tertiary/aromatic N) is 2. The number of nitro benzene ring substituents is 1. The molecule has 0 aliphatic carbocycles. The van der Waals surface area contributed by atoms with Crippen LogP contribution in [0.4, 0.5) is 11.4 Å². The maximum absolute atomic E-state index is 14.1. The van der Waals surface area contributed by atoms with Crippen LogP contribution >= 0.6 is 34.7 Å². The highest BCUT2D eigenvalue weighted by Gasteiger charge is 2.57. The van der Waals surface area contributed by atoms with Gasteiger partial charge in [0.25, 0.3) is 5.69 Å². The van der Waals surface area contributed by atoms with E-state index < -0.39 is 39.8 Å². The summed E-state index contributed by atoms with van der Waals surface area (Å²) in [5.41, 5.74) is 1.38. The lowest BCUT2D eigenvalue weighted by Crippen LogP contribution is -2.32. The van der Waals surface area contributed by atoms with Crippen molar-refractivity contribution in [3.8, 4) is 5.75 Å². The van der Waals surface area contributed by atoms with Crippen LogP contribution in [0.3, 0.4) is 0 Å². The van der Waals surface area contributed by atoms with Crippen LogP contribution in [0.25, 0.3) is 0 Å². The summed E-state index contributed by atoms with van der Waals surface area (Å²) in [4.78, 5) is 67.8. The smallest absolute Gasteiger partial charge is 0.338 e. The molecule has 2 amide bonds.